The summed E-state index contributed by atoms with van der Waals surface area (Å²) in [7, 11) is 0. The lowest BCUT2D eigenvalue weighted by molar-refractivity contribution is 0.304. The Balaban J connectivity index is 1.52. The average molecular weight is 263 g/mol. The highest BCUT2D eigenvalue weighted by molar-refractivity contribution is 5.06. The van der Waals surface area contributed by atoms with Crippen molar-refractivity contribution >= 4 is 0 Å². The van der Waals surface area contributed by atoms with Gasteiger partial charge in [0.15, 0.2) is 0 Å². The first-order chi connectivity index (χ1) is 9.32. The van der Waals surface area contributed by atoms with E-state index in [9.17, 15) is 0 Å². The van der Waals surface area contributed by atoms with Crippen LogP contribution in [0.3, 0.4) is 0 Å². The van der Waals surface area contributed by atoms with Crippen LogP contribution >= 0.6 is 0 Å². The van der Waals surface area contributed by atoms with Crippen LogP contribution in [0.15, 0.2) is 4.42 Å². The summed E-state index contributed by atoms with van der Waals surface area (Å²) in [6, 6.07) is 0.792. The van der Waals surface area contributed by atoms with Crippen LogP contribution in [0.25, 0.3) is 0 Å². The summed E-state index contributed by atoms with van der Waals surface area (Å²) in [6.07, 6.45) is 10.9. The lowest BCUT2D eigenvalue weighted by Crippen LogP contribution is -2.21. The van der Waals surface area contributed by atoms with Crippen molar-refractivity contribution in [2.24, 2.45) is 0 Å². The molecule has 0 saturated heterocycles. The summed E-state index contributed by atoms with van der Waals surface area (Å²) < 4.78 is 5.93. The number of nitrogens with zero attached hydrogens (tertiary/aromatic N) is 2. The fourth-order valence-corrected chi connectivity index (χ4v) is 3.17. The molecule has 0 atom stereocenters. The van der Waals surface area contributed by atoms with Crippen molar-refractivity contribution in [3.05, 3.63) is 11.8 Å². The summed E-state index contributed by atoms with van der Waals surface area (Å²) in [5, 5.41) is 12.1. The molecule has 0 amide bonds. The van der Waals surface area contributed by atoms with Crippen LogP contribution in [0.2, 0.25) is 0 Å². The molecule has 1 heterocycles. The quantitative estimate of drug-likeness (QED) is 0.768. The summed E-state index contributed by atoms with van der Waals surface area (Å²) in [4.78, 5) is 0. The van der Waals surface area contributed by atoms with Crippen molar-refractivity contribution in [2.45, 2.75) is 76.2 Å². The molecule has 2 fully saturated rings. The molecule has 0 bridgehead atoms. The van der Waals surface area contributed by atoms with E-state index in [1.165, 1.54) is 38.5 Å². The van der Waals surface area contributed by atoms with E-state index in [0.29, 0.717) is 0 Å². The predicted octanol–water partition coefficient (Wildman–Crippen LogP) is 2.98. The zero-order valence-electron chi connectivity index (χ0n) is 12.0. The van der Waals surface area contributed by atoms with Crippen LogP contribution in [0.4, 0.5) is 0 Å². The lowest BCUT2D eigenvalue weighted by Gasteiger charge is -2.22. The molecule has 0 radical (unpaired) electrons. The number of aryl methyl sites for hydroxylation is 1. The molecule has 0 aromatic carbocycles. The van der Waals surface area contributed by atoms with Gasteiger partial charge in [-0.05, 0) is 45.1 Å². The molecule has 106 valence electrons. The maximum absolute atomic E-state index is 5.93. The summed E-state index contributed by atoms with van der Waals surface area (Å²) in [5.41, 5.74) is 0.192. The Morgan fingerprint density at radius 1 is 1.26 bits per heavy atom. The zero-order chi connectivity index (χ0) is 13.1. The van der Waals surface area contributed by atoms with E-state index in [-0.39, 0.29) is 5.41 Å². The monoisotopic (exact) mass is 263 g/mol. The average Bonchev–Trinajstić information content (AvgIpc) is 2.94. The van der Waals surface area contributed by atoms with Gasteiger partial charge in [0.2, 0.25) is 11.8 Å². The Labute approximate surface area is 115 Å². The number of hydrogen-bond donors (Lipinski definition) is 1. The third-order valence-electron chi connectivity index (χ3n) is 4.74. The zero-order valence-corrected chi connectivity index (χ0v) is 12.0. The molecule has 2 aliphatic rings. The minimum atomic E-state index is 0.192. The third-order valence-corrected chi connectivity index (χ3v) is 4.74. The normalized spacial score (nSPS) is 21.9. The van der Waals surface area contributed by atoms with Crippen LogP contribution in [0.1, 0.15) is 70.1 Å². The van der Waals surface area contributed by atoms with Crippen molar-refractivity contribution in [1.29, 1.82) is 0 Å². The first kappa shape index (κ1) is 13.1. The SMILES string of the molecule is CCC1(c2nnc(CCCNC3CC3)o2)CCCC1. The second-order valence-electron chi connectivity index (χ2n) is 6.17. The first-order valence-electron chi connectivity index (χ1n) is 7.89. The molecule has 1 aromatic rings. The van der Waals surface area contributed by atoms with Gasteiger partial charge in [0, 0.05) is 17.9 Å². The molecule has 0 spiro atoms. The van der Waals surface area contributed by atoms with Crippen molar-refractivity contribution in [3.8, 4) is 0 Å². The van der Waals surface area contributed by atoms with Gasteiger partial charge in [-0.1, -0.05) is 19.8 Å². The number of hydrogen-bond acceptors (Lipinski definition) is 4. The third kappa shape index (κ3) is 2.99. The van der Waals surface area contributed by atoms with Gasteiger partial charge in [0.1, 0.15) is 0 Å². The van der Waals surface area contributed by atoms with Gasteiger partial charge in [-0.2, -0.15) is 0 Å². The molecule has 2 saturated carbocycles. The molecule has 4 heteroatoms. The first-order valence-corrected chi connectivity index (χ1v) is 7.89. The van der Waals surface area contributed by atoms with E-state index in [1.807, 2.05) is 0 Å². The van der Waals surface area contributed by atoms with Gasteiger partial charge in [-0.3, -0.25) is 0 Å². The highest BCUT2D eigenvalue weighted by Gasteiger charge is 2.38. The molecule has 19 heavy (non-hydrogen) atoms. The minimum Gasteiger partial charge on any atom is -0.425 e. The topological polar surface area (TPSA) is 51.0 Å². The van der Waals surface area contributed by atoms with Gasteiger partial charge in [-0.15, -0.1) is 10.2 Å². The molecule has 2 aliphatic carbocycles. The standard InChI is InChI=1S/C15H25N3O/c1-2-15(9-3-4-10-15)14-18-17-13(19-14)6-5-11-16-12-7-8-12/h12,16H,2-11H2,1H3. The lowest BCUT2D eigenvalue weighted by atomic mass is 9.83. The summed E-state index contributed by atoms with van der Waals surface area (Å²) in [6.45, 7) is 3.32. The van der Waals surface area contributed by atoms with E-state index < -0.39 is 0 Å². The van der Waals surface area contributed by atoms with E-state index >= 15 is 0 Å². The van der Waals surface area contributed by atoms with Crippen molar-refractivity contribution in [2.75, 3.05) is 6.54 Å². The van der Waals surface area contributed by atoms with Gasteiger partial charge in [0.25, 0.3) is 0 Å². The maximum Gasteiger partial charge on any atom is 0.222 e. The second kappa shape index (κ2) is 5.61. The molecule has 4 nitrogen and oxygen atoms in total. The number of nitrogens with one attached hydrogen (secondary N) is 1. The van der Waals surface area contributed by atoms with Gasteiger partial charge >= 0.3 is 0 Å². The van der Waals surface area contributed by atoms with Crippen molar-refractivity contribution in [1.82, 2.24) is 15.5 Å². The van der Waals surface area contributed by atoms with Crippen LogP contribution in [-0.2, 0) is 11.8 Å². The molecule has 3 rings (SSSR count). The molecular weight excluding hydrogens is 238 g/mol. The van der Waals surface area contributed by atoms with Gasteiger partial charge in [-0.25, -0.2) is 0 Å². The van der Waals surface area contributed by atoms with Gasteiger partial charge < -0.3 is 9.73 Å². The Kier molecular flexibility index (Phi) is 3.87. The Bertz CT molecular complexity index is 405. The van der Waals surface area contributed by atoms with Gasteiger partial charge in [0.05, 0.1) is 0 Å². The molecule has 0 aliphatic heterocycles. The maximum atomic E-state index is 5.93. The summed E-state index contributed by atoms with van der Waals surface area (Å²) in [5.74, 6) is 1.73. The fraction of sp³-hybridized carbons (Fsp3) is 0.867. The highest BCUT2D eigenvalue weighted by Crippen LogP contribution is 2.42. The van der Waals surface area contributed by atoms with Crippen LogP contribution < -0.4 is 5.32 Å². The number of rotatable bonds is 7. The van der Waals surface area contributed by atoms with Crippen molar-refractivity contribution < 1.29 is 4.42 Å². The largest absolute Gasteiger partial charge is 0.425 e. The van der Waals surface area contributed by atoms with Crippen LogP contribution in [0.5, 0.6) is 0 Å². The van der Waals surface area contributed by atoms with Crippen molar-refractivity contribution in [3.63, 3.8) is 0 Å². The Morgan fingerprint density at radius 2 is 2.05 bits per heavy atom. The van der Waals surface area contributed by atoms with E-state index in [2.05, 4.69) is 22.4 Å². The smallest absolute Gasteiger partial charge is 0.222 e. The number of aromatic nitrogens is 2. The summed E-state index contributed by atoms with van der Waals surface area (Å²) >= 11 is 0. The second-order valence-corrected chi connectivity index (χ2v) is 6.17. The minimum absolute atomic E-state index is 0.192. The Morgan fingerprint density at radius 3 is 2.74 bits per heavy atom. The molecule has 0 unspecified atom stereocenters. The van der Waals surface area contributed by atoms with E-state index in [1.54, 1.807) is 0 Å². The Hall–Kier alpha value is -0.900. The molecule has 1 aromatic heterocycles. The molecular formula is C15H25N3O. The van der Waals surface area contributed by atoms with Crippen LogP contribution in [0, 0.1) is 0 Å². The van der Waals surface area contributed by atoms with E-state index in [0.717, 1.165) is 43.6 Å². The predicted molar refractivity (Wildman–Crippen MR) is 74.1 cm³/mol. The fourth-order valence-electron chi connectivity index (χ4n) is 3.17. The highest BCUT2D eigenvalue weighted by atomic mass is 16.4. The van der Waals surface area contributed by atoms with Crippen LogP contribution in [-0.4, -0.2) is 22.8 Å². The molecule has 1 N–H and O–H groups in total. The van der Waals surface area contributed by atoms with E-state index in [4.69, 9.17) is 4.42 Å².